The monoisotopic (exact) mass is 489 g/mol. The zero-order valence-corrected chi connectivity index (χ0v) is 20.9. The fourth-order valence-electron chi connectivity index (χ4n) is 4.92. The van der Waals surface area contributed by atoms with E-state index in [1.807, 2.05) is 37.4 Å². The molecule has 0 unspecified atom stereocenters. The summed E-state index contributed by atoms with van der Waals surface area (Å²) in [6.07, 6.45) is 8.80. The van der Waals surface area contributed by atoms with Crippen LogP contribution in [0.15, 0.2) is 65.2 Å². The van der Waals surface area contributed by atoms with Crippen LogP contribution in [0.5, 0.6) is 0 Å². The number of hydrogen-bond acceptors (Lipinski definition) is 6. The molecule has 1 aliphatic carbocycles. The van der Waals surface area contributed by atoms with Gasteiger partial charge in [0.2, 0.25) is 11.8 Å². The third-order valence-corrected chi connectivity index (χ3v) is 7.08. The van der Waals surface area contributed by atoms with E-state index in [0.717, 1.165) is 43.3 Å². The van der Waals surface area contributed by atoms with E-state index in [4.69, 9.17) is 4.42 Å². The lowest BCUT2D eigenvalue weighted by molar-refractivity contribution is -0.116. The van der Waals surface area contributed by atoms with Crippen LogP contribution in [0.2, 0.25) is 0 Å². The molecule has 0 spiro atoms. The lowest BCUT2D eigenvalue weighted by Gasteiger charge is -2.36. The van der Waals surface area contributed by atoms with E-state index < -0.39 is 5.60 Å². The summed E-state index contributed by atoms with van der Waals surface area (Å²) in [7, 11) is 1.96. The van der Waals surface area contributed by atoms with E-state index in [1.54, 1.807) is 30.5 Å². The molecule has 3 aromatic rings. The summed E-state index contributed by atoms with van der Waals surface area (Å²) in [6, 6.07) is 16.5. The number of carbonyl (C=O) groups excluding carboxylic acids is 2. The molecule has 190 valence electrons. The minimum absolute atomic E-state index is 0.0796. The SMILES string of the molecule is CN(CCC(=O)Nc1ccc(C=O)cc1)CCc1cnc([C@](O)(c2ccccc2)C2CCCCC2)o1. The van der Waals surface area contributed by atoms with Crippen LogP contribution in [0.1, 0.15) is 66.1 Å². The molecule has 2 aromatic carbocycles. The smallest absolute Gasteiger partial charge is 0.231 e. The van der Waals surface area contributed by atoms with Gasteiger partial charge < -0.3 is 19.7 Å². The Morgan fingerprint density at radius 1 is 1.11 bits per heavy atom. The third kappa shape index (κ3) is 6.28. The summed E-state index contributed by atoms with van der Waals surface area (Å²) in [6.45, 7) is 1.29. The minimum Gasteiger partial charge on any atom is -0.442 e. The number of oxazole rings is 1. The Morgan fingerprint density at radius 2 is 1.83 bits per heavy atom. The van der Waals surface area contributed by atoms with Crippen molar-refractivity contribution in [3.8, 4) is 0 Å². The van der Waals surface area contributed by atoms with E-state index in [0.29, 0.717) is 43.1 Å². The number of aliphatic hydroxyl groups is 1. The van der Waals surface area contributed by atoms with Crippen molar-refractivity contribution in [1.82, 2.24) is 9.88 Å². The molecule has 2 N–H and O–H groups in total. The average molecular weight is 490 g/mol. The molecule has 1 amide bonds. The Kier molecular flexibility index (Phi) is 8.67. The third-order valence-electron chi connectivity index (χ3n) is 7.08. The molecular formula is C29H35N3O4. The molecular weight excluding hydrogens is 454 g/mol. The summed E-state index contributed by atoms with van der Waals surface area (Å²) in [4.78, 5) is 29.6. The number of rotatable bonds is 11. The lowest BCUT2D eigenvalue weighted by atomic mass is 9.73. The largest absolute Gasteiger partial charge is 0.442 e. The van der Waals surface area contributed by atoms with Crippen molar-refractivity contribution in [3.05, 3.63) is 83.6 Å². The van der Waals surface area contributed by atoms with Crippen LogP contribution >= 0.6 is 0 Å². The second kappa shape index (κ2) is 12.1. The first-order valence-corrected chi connectivity index (χ1v) is 12.8. The van der Waals surface area contributed by atoms with E-state index in [2.05, 4.69) is 15.2 Å². The van der Waals surface area contributed by atoms with E-state index in [-0.39, 0.29) is 11.8 Å². The lowest BCUT2D eigenvalue weighted by Crippen LogP contribution is -2.38. The van der Waals surface area contributed by atoms with Gasteiger partial charge in [-0.1, -0.05) is 49.6 Å². The summed E-state index contributed by atoms with van der Waals surface area (Å²) < 4.78 is 6.14. The molecule has 36 heavy (non-hydrogen) atoms. The van der Waals surface area contributed by atoms with Gasteiger partial charge in [0, 0.05) is 43.1 Å². The van der Waals surface area contributed by atoms with Crippen LogP contribution in [0.4, 0.5) is 5.69 Å². The van der Waals surface area contributed by atoms with Crippen molar-refractivity contribution in [2.75, 3.05) is 25.5 Å². The fourth-order valence-corrected chi connectivity index (χ4v) is 4.92. The van der Waals surface area contributed by atoms with Gasteiger partial charge in [-0.2, -0.15) is 0 Å². The van der Waals surface area contributed by atoms with Crippen molar-refractivity contribution in [2.24, 2.45) is 5.92 Å². The van der Waals surface area contributed by atoms with Crippen molar-refractivity contribution in [2.45, 2.75) is 50.5 Å². The van der Waals surface area contributed by atoms with E-state index in [1.165, 1.54) is 6.42 Å². The highest BCUT2D eigenvalue weighted by Gasteiger charge is 2.44. The van der Waals surface area contributed by atoms with Crippen LogP contribution < -0.4 is 5.32 Å². The minimum atomic E-state index is -1.23. The molecule has 1 saturated carbocycles. The number of nitrogens with one attached hydrogen (secondary N) is 1. The molecule has 1 atom stereocenters. The topological polar surface area (TPSA) is 95.7 Å². The number of carbonyl (C=O) groups is 2. The predicted molar refractivity (Wildman–Crippen MR) is 139 cm³/mol. The fraction of sp³-hybridized carbons (Fsp3) is 0.414. The van der Waals surface area contributed by atoms with Crippen molar-refractivity contribution >= 4 is 17.9 Å². The summed E-state index contributed by atoms with van der Waals surface area (Å²) in [5.74, 6) is 1.10. The van der Waals surface area contributed by atoms with Gasteiger partial charge in [-0.05, 0) is 49.7 Å². The van der Waals surface area contributed by atoms with Gasteiger partial charge in [0.1, 0.15) is 12.0 Å². The number of hydrogen-bond donors (Lipinski definition) is 2. The first-order chi connectivity index (χ1) is 17.5. The van der Waals surface area contributed by atoms with Crippen LogP contribution in [0, 0.1) is 5.92 Å². The molecule has 4 rings (SSSR count). The Morgan fingerprint density at radius 3 is 2.53 bits per heavy atom. The number of aromatic nitrogens is 1. The molecule has 1 aliphatic rings. The highest BCUT2D eigenvalue weighted by molar-refractivity contribution is 5.91. The van der Waals surface area contributed by atoms with Gasteiger partial charge in [-0.15, -0.1) is 0 Å². The van der Waals surface area contributed by atoms with Gasteiger partial charge in [0.05, 0.1) is 6.20 Å². The number of likely N-dealkylation sites (N-methyl/N-ethyl adjacent to an activating group) is 1. The summed E-state index contributed by atoms with van der Waals surface area (Å²) in [5.41, 5.74) is 0.846. The molecule has 7 heteroatoms. The molecule has 0 bridgehead atoms. The maximum absolute atomic E-state index is 12.3. The van der Waals surface area contributed by atoms with Crippen LogP contribution in [0.3, 0.4) is 0 Å². The van der Waals surface area contributed by atoms with Gasteiger partial charge >= 0.3 is 0 Å². The van der Waals surface area contributed by atoms with E-state index >= 15 is 0 Å². The Balaban J connectivity index is 1.32. The quantitative estimate of drug-likeness (QED) is 0.376. The Labute approximate surface area is 212 Å². The highest BCUT2D eigenvalue weighted by Crippen LogP contribution is 2.43. The van der Waals surface area contributed by atoms with Gasteiger partial charge in [-0.25, -0.2) is 4.98 Å². The van der Waals surface area contributed by atoms with Crippen LogP contribution in [0.25, 0.3) is 0 Å². The molecule has 1 fully saturated rings. The maximum atomic E-state index is 12.3. The number of amides is 1. The molecule has 0 aliphatic heterocycles. The van der Waals surface area contributed by atoms with Crippen molar-refractivity contribution < 1.29 is 19.1 Å². The summed E-state index contributed by atoms with van der Waals surface area (Å²) >= 11 is 0. The Hall–Kier alpha value is -3.29. The normalized spacial score (nSPS) is 16.0. The standard InChI is InChI=1S/C29H35N3O4/c1-32(19-17-27(34)31-25-14-12-22(21-33)13-15-25)18-16-26-20-30-28(36-26)29(35,23-8-4-2-5-9-23)24-10-6-3-7-11-24/h2,4-5,8-9,12-15,20-21,24,35H,3,6-7,10-11,16-19H2,1H3,(H,31,34)/t29-/m0/s1. The molecule has 0 saturated heterocycles. The average Bonchev–Trinajstić information content (AvgIpc) is 3.41. The first-order valence-electron chi connectivity index (χ1n) is 12.8. The zero-order valence-electron chi connectivity index (χ0n) is 20.9. The van der Waals surface area contributed by atoms with Crippen LogP contribution in [-0.4, -0.2) is 47.3 Å². The predicted octanol–water partition coefficient (Wildman–Crippen LogP) is 4.81. The highest BCUT2D eigenvalue weighted by atomic mass is 16.4. The number of anilines is 1. The van der Waals surface area contributed by atoms with Crippen molar-refractivity contribution in [1.29, 1.82) is 0 Å². The zero-order chi connectivity index (χ0) is 25.4. The van der Waals surface area contributed by atoms with Gasteiger partial charge in [0.25, 0.3) is 0 Å². The second-order valence-corrected chi connectivity index (χ2v) is 9.69. The molecule has 0 radical (unpaired) electrons. The number of benzene rings is 2. The first kappa shape index (κ1) is 25.8. The van der Waals surface area contributed by atoms with Gasteiger partial charge in [0.15, 0.2) is 5.60 Å². The molecule has 1 heterocycles. The Bertz CT molecular complexity index is 1120. The second-order valence-electron chi connectivity index (χ2n) is 9.69. The van der Waals surface area contributed by atoms with Crippen LogP contribution in [-0.2, 0) is 16.8 Å². The summed E-state index contributed by atoms with van der Waals surface area (Å²) in [5, 5.41) is 14.8. The number of nitrogens with zero attached hydrogens (tertiary/aromatic N) is 2. The van der Waals surface area contributed by atoms with Gasteiger partial charge in [-0.3, -0.25) is 9.59 Å². The van der Waals surface area contributed by atoms with E-state index in [9.17, 15) is 14.7 Å². The molecule has 1 aromatic heterocycles. The van der Waals surface area contributed by atoms with Crippen molar-refractivity contribution in [3.63, 3.8) is 0 Å². The molecule has 7 nitrogen and oxygen atoms in total. The number of aldehydes is 1. The maximum Gasteiger partial charge on any atom is 0.231 e.